The summed E-state index contributed by atoms with van der Waals surface area (Å²) in [6.07, 6.45) is 9.59. The molecule has 0 aromatic rings. The number of carbonyl (C=O) groups is 2. The van der Waals surface area contributed by atoms with Crippen LogP contribution in [-0.4, -0.2) is 32.1 Å². The molecule has 0 heterocycles. The molecule has 23 heavy (non-hydrogen) atoms. The van der Waals surface area contributed by atoms with E-state index in [1.165, 1.54) is 32.2 Å². The van der Waals surface area contributed by atoms with Gasteiger partial charge >= 0.3 is 5.97 Å². The summed E-state index contributed by atoms with van der Waals surface area (Å²) in [6.45, 7) is 6.01. The van der Waals surface area contributed by atoms with E-state index in [9.17, 15) is 14.7 Å². The minimum absolute atomic E-state index is 0.0887. The van der Waals surface area contributed by atoms with Gasteiger partial charge in [0, 0.05) is 12.4 Å². The van der Waals surface area contributed by atoms with Crippen molar-refractivity contribution in [1.82, 2.24) is 0 Å². The Morgan fingerprint density at radius 2 is 1.48 bits per heavy atom. The van der Waals surface area contributed by atoms with Gasteiger partial charge in [-0.25, -0.2) is 0 Å². The molecule has 138 valence electrons. The summed E-state index contributed by atoms with van der Waals surface area (Å²) < 4.78 is 5.05. The number of ether oxygens (including phenoxy) is 1. The van der Waals surface area contributed by atoms with Crippen LogP contribution in [0, 0.1) is 0 Å². The Morgan fingerprint density at radius 3 is 2.00 bits per heavy atom. The minimum Gasteiger partial charge on any atom is -0.550 e. The molecule has 5 nitrogen and oxygen atoms in total. The summed E-state index contributed by atoms with van der Waals surface area (Å²) in [6, 6.07) is 0. The summed E-state index contributed by atoms with van der Waals surface area (Å²) in [5.74, 6) is -1.15. The lowest BCUT2D eigenvalue weighted by atomic mass is 10.1. The fourth-order valence-electron chi connectivity index (χ4n) is 1.97. The first kappa shape index (κ1) is 24.2. The van der Waals surface area contributed by atoms with Crippen molar-refractivity contribution in [3.05, 3.63) is 0 Å². The van der Waals surface area contributed by atoms with E-state index in [4.69, 9.17) is 4.74 Å². The topological polar surface area (TPSA) is 83.0 Å². The number of nitrogens with two attached hydrogens (primary N) is 1. The van der Waals surface area contributed by atoms with E-state index in [-0.39, 0.29) is 12.4 Å². The highest BCUT2D eigenvalue weighted by molar-refractivity contribution is 5.69. The highest BCUT2D eigenvalue weighted by Crippen LogP contribution is 2.06. The van der Waals surface area contributed by atoms with Crippen molar-refractivity contribution in [2.75, 3.05) is 20.2 Å². The number of rotatable bonds is 14. The molecule has 0 unspecified atom stereocenters. The van der Waals surface area contributed by atoms with Crippen molar-refractivity contribution in [3.8, 4) is 0 Å². The van der Waals surface area contributed by atoms with Crippen molar-refractivity contribution in [1.29, 1.82) is 0 Å². The van der Waals surface area contributed by atoms with Gasteiger partial charge in [0.2, 0.25) is 0 Å². The molecule has 0 aliphatic rings. The van der Waals surface area contributed by atoms with Crippen molar-refractivity contribution in [2.45, 2.75) is 84.5 Å². The van der Waals surface area contributed by atoms with Gasteiger partial charge in [0.15, 0.2) is 0 Å². The molecule has 0 aliphatic carbocycles. The van der Waals surface area contributed by atoms with Crippen LogP contribution in [0.4, 0.5) is 0 Å². The van der Waals surface area contributed by atoms with Crippen LogP contribution in [0.15, 0.2) is 0 Å². The fraction of sp³-hybridized carbons (Fsp3) is 0.889. The van der Waals surface area contributed by atoms with Crippen LogP contribution >= 0.6 is 0 Å². The molecule has 5 heteroatoms. The smallest absolute Gasteiger partial charge is 0.305 e. The SMILES string of the molecule is CCCCCCCC(=O)OCCCCCC(=O)[O-].CCC[NH2+]C. The average Bonchev–Trinajstić information content (AvgIpc) is 2.51. The highest BCUT2D eigenvalue weighted by atomic mass is 16.5. The second-order valence-corrected chi connectivity index (χ2v) is 5.76. The normalized spacial score (nSPS) is 9.87. The lowest BCUT2D eigenvalue weighted by molar-refractivity contribution is -0.626. The Hall–Kier alpha value is -1.10. The molecule has 0 aromatic heterocycles. The summed E-state index contributed by atoms with van der Waals surface area (Å²) >= 11 is 0. The van der Waals surface area contributed by atoms with Crippen LogP contribution < -0.4 is 10.4 Å². The second kappa shape index (κ2) is 20.9. The highest BCUT2D eigenvalue weighted by Gasteiger charge is 2.02. The number of hydrogen-bond donors (Lipinski definition) is 1. The van der Waals surface area contributed by atoms with E-state index in [0.29, 0.717) is 19.4 Å². The van der Waals surface area contributed by atoms with Gasteiger partial charge in [-0.2, -0.15) is 0 Å². The third-order valence-electron chi connectivity index (χ3n) is 3.35. The molecule has 0 fully saturated rings. The zero-order chi connectivity index (χ0) is 17.8. The molecular formula is C18H37NO4. The Balaban J connectivity index is 0. The maximum absolute atomic E-state index is 11.3. The maximum atomic E-state index is 11.3. The monoisotopic (exact) mass is 331 g/mol. The minimum atomic E-state index is -1.01. The van der Waals surface area contributed by atoms with Gasteiger partial charge in [0.05, 0.1) is 20.2 Å². The third kappa shape index (κ3) is 26.1. The largest absolute Gasteiger partial charge is 0.550 e. The Bertz CT molecular complexity index is 268. The van der Waals surface area contributed by atoms with Crippen molar-refractivity contribution >= 4 is 11.9 Å². The number of aliphatic carboxylic acids is 1. The Morgan fingerprint density at radius 1 is 0.870 bits per heavy atom. The van der Waals surface area contributed by atoms with Gasteiger partial charge < -0.3 is 20.0 Å². The average molecular weight is 331 g/mol. The van der Waals surface area contributed by atoms with E-state index in [0.717, 1.165) is 25.7 Å². The van der Waals surface area contributed by atoms with Gasteiger partial charge in [-0.1, -0.05) is 39.5 Å². The van der Waals surface area contributed by atoms with E-state index in [1.54, 1.807) is 0 Å². The molecule has 0 saturated heterocycles. The zero-order valence-electron chi connectivity index (χ0n) is 15.4. The van der Waals surface area contributed by atoms with E-state index in [1.807, 2.05) is 0 Å². The molecule has 0 radical (unpaired) electrons. The Kier molecular flexibility index (Phi) is 22.0. The van der Waals surface area contributed by atoms with Crippen LogP contribution in [0.25, 0.3) is 0 Å². The number of unbranched alkanes of at least 4 members (excludes halogenated alkanes) is 6. The van der Waals surface area contributed by atoms with E-state index < -0.39 is 5.97 Å². The van der Waals surface area contributed by atoms with Gasteiger partial charge in [-0.05, 0) is 38.5 Å². The van der Waals surface area contributed by atoms with Crippen LogP contribution in [0.5, 0.6) is 0 Å². The lowest BCUT2D eigenvalue weighted by Crippen LogP contribution is -2.79. The van der Waals surface area contributed by atoms with Crippen LogP contribution in [-0.2, 0) is 14.3 Å². The number of quaternary nitrogens is 1. The fourth-order valence-corrected chi connectivity index (χ4v) is 1.97. The standard InChI is InChI=1S/C14H26O4.C4H11N/c1-2-3-4-5-8-11-14(17)18-12-9-6-7-10-13(15)16;1-3-4-5-2/h2-12H2,1H3,(H,15,16);5H,3-4H2,1-2H3. The maximum Gasteiger partial charge on any atom is 0.305 e. The quantitative estimate of drug-likeness (QED) is 0.388. The molecular weight excluding hydrogens is 294 g/mol. The number of carboxylic acid groups (broad SMARTS) is 1. The zero-order valence-corrected chi connectivity index (χ0v) is 15.4. The molecule has 0 atom stereocenters. The molecule has 0 amide bonds. The van der Waals surface area contributed by atoms with Crippen molar-refractivity contribution < 1.29 is 24.7 Å². The summed E-state index contributed by atoms with van der Waals surface area (Å²) in [7, 11) is 2.09. The number of carbonyl (C=O) groups excluding carboxylic acids is 2. The lowest BCUT2D eigenvalue weighted by Gasteiger charge is -2.05. The summed E-state index contributed by atoms with van der Waals surface area (Å²) in [5, 5.41) is 12.3. The molecule has 0 aromatic carbocycles. The molecule has 2 N–H and O–H groups in total. The first-order valence-electron chi connectivity index (χ1n) is 9.21. The predicted octanol–water partition coefficient (Wildman–Crippen LogP) is 1.79. The summed E-state index contributed by atoms with van der Waals surface area (Å²) in [5.41, 5.74) is 0. The Labute approximate surface area is 142 Å². The second-order valence-electron chi connectivity index (χ2n) is 5.76. The molecule has 0 spiro atoms. The van der Waals surface area contributed by atoms with Crippen LogP contribution in [0.1, 0.15) is 84.5 Å². The van der Waals surface area contributed by atoms with E-state index >= 15 is 0 Å². The van der Waals surface area contributed by atoms with Crippen LogP contribution in [0.2, 0.25) is 0 Å². The first-order chi connectivity index (χ1) is 11.1. The van der Waals surface area contributed by atoms with Crippen LogP contribution in [0.3, 0.4) is 0 Å². The van der Waals surface area contributed by atoms with Crippen molar-refractivity contribution in [2.24, 2.45) is 0 Å². The van der Waals surface area contributed by atoms with E-state index in [2.05, 4.69) is 26.2 Å². The molecule has 0 bridgehead atoms. The molecule has 0 saturated carbocycles. The predicted molar refractivity (Wildman–Crippen MR) is 90.8 cm³/mol. The van der Waals surface area contributed by atoms with Gasteiger partial charge in [0.1, 0.15) is 0 Å². The first-order valence-corrected chi connectivity index (χ1v) is 9.21. The van der Waals surface area contributed by atoms with Gasteiger partial charge in [0.25, 0.3) is 0 Å². The number of esters is 1. The summed E-state index contributed by atoms with van der Waals surface area (Å²) in [4.78, 5) is 21.4. The number of carboxylic acids is 1. The van der Waals surface area contributed by atoms with Crippen molar-refractivity contribution in [3.63, 3.8) is 0 Å². The molecule has 0 rings (SSSR count). The third-order valence-corrected chi connectivity index (χ3v) is 3.35. The number of hydrogen-bond acceptors (Lipinski definition) is 4. The van der Waals surface area contributed by atoms with Gasteiger partial charge in [-0.3, -0.25) is 4.79 Å². The van der Waals surface area contributed by atoms with Gasteiger partial charge in [-0.15, -0.1) is 0 Å². The molecule has 0 aliphatic heterocycles.